The van der Waals surface area contributed by atoms with Crippen molar-refractivity contribution >= 4 is 17.4 Å². The molecule has 3 rings (SSSR count). The zero-order valence-electron chi connectivity index (χ0n) is 14.7. The minimum absolute atomic E-state index is 0.185. The third-order valence-electron chi connectivity index (χ3n) is 4.57. The maximum absolute atomic E-state index is 12.6. The summed E-state index contributed by atoms with van der Waals surface area (Å²) in [5.41, 5.74) is 0.975. The predicted octanol–water partition coefficient (Wildman–Crippen LogP) is 2.04. The normalized spacial score (nSPS) is 15.2. The summed E-state index contributed by atoms with van der Waals surface area (Å²) in [5.74, 6) is 1.12. The molecule has 1 aromatic carbocycles. The summed E-state index contributed by atoms with van der Waals surface area (Å²) in [7, 11) is 0. The third-order valence-corrected chi connectivity index (χ3v) is 4.57. The molecule has 0 unspecified atom stereocenters. The lowest BCUT2D eigenvalue weighted by molar-refractivity contribution is -0.118. The lowest BCUT2D eigenvalue weighted by Crippen LogP contribution is -2.47. The van der Waals surface area contributed by atoms with Gasteiger partial charge < -0.3 is 9.80 Å². The van der Waals surface area contributed by atoms with E-state index < -0.39 is 0 Å². The van der Waals surface area contributed by atoms with Crippen LogP contribution < -0.4 is 9.80 Å². The largest absolute Gasteiger partial charge is 0.353 e. The molecule has 0 saturated carbocycles. The highest BCUT2D eigenvalue weighted by atomic mass is 16.2. The number of hydrogen-bond acceptors (Lipinski definition) is 5. The van der Waals surface area contributed by atoms with E-state index in [0.717, 1.165) is 44.2 Å². The topological polar surface area (TPSA) is 52.6 Å². The fourth-order valence-corrected chi connectivity index (χ4v) is 3.15. The fourth-order valence-electron chi connectivity index (χ4n) is 3.15. The van der Waals surface area contributed by atoms with Gasteiger partial charge >= 0.3 is 0 Å². The van der Waals surface area contributed by atoms with Crippen molar-refractivity contribution in [2.45, 2.75) is 13.3 Å². The van der Waals surface area contributed by atoms with Crippen molar-refractivity contribution in [2.24, 2.45) is 0 Å². The Kier molecular flexibility index (Phi) is 5.95. The van der Waals surface area contributed by atoms with E-state index in [9.17, 15) is 4.79 Å². The molecule has 0 atom stereocenters. The highest BCUT2D eigenvalue weighted by Crippen LogP contribution is 2.15. The molecule has 1 amide bonds. The SMILES string of the molecule is CCN(C(=O)CCN1CCN(c2cnccn2)CC1)c1ccccc1. The van der Waals surface area contributed by atoms with Crippen LogP contribution in [0, 0.1) is 0 Å². The van der Waals surface area contributed by atoms with Crippen LogP contribution in [0.25, 0.3) is 0 Å². The average Bonchev–Trinajstić information content (AvgIpc) is 2.69. The van der Waals surface area contributed by atoms with Crippen LogP contribution in [0.5, 0.6) is 0 Å². The van der Waals surface area contributed by atoms with Crippen LogP contribution >= 0.6 is 0 Å². The van der Waals surface area contributed by atoms with E-state index in [2.05, 4.69) is 19.8 Å². The molecule has 6 nitrogen and oxygen atoms in total. The molecule has 0 spiro atoms. The van der Waals surface area contributed by atoms with Crippen LogP contribution in [0.2, 0.25) is 0 Å². The molecular formula is C19H25N5O. The second-order valence-corrected chi connectivity index (χ2v) is 6.12. The zero-order valence-corrected chi connectivity index (χ0v) is 14.7. The fraction of sp³-hybridized carbons (Fsp3) is 0.421. The van der Waals surface area contributed by atoms with Gasteiger partial charge in [-0.05, 0) is 19.1 Å². The molecular weight excluding hydrogens is 314 g/mol. The Labute approximate surface area is 149 Å². The van der Waals surface area contributed by atoms with Crippen molar-refractivity contribution in [2.75, 3.05) is 49.1 Å². The van der Waals surface area contributed by atoms with Crippen molar-refractivity contribution < 1.29 is 4.79 Å². The minimum atomic E-state index is 0.185. The van der Waals surface area contributed by atoms with Crippen molar-refractivity contribution in [1.29, 1.82) is 0 Å². The summed E-state index contributed by atoms with van der Waals surface area (Å²) < 4.78 is 0. The van der Waals surface area contributed by atoms with E-state index in [1.165, 1.54) is 0 Å². The van der Waals surface area contributed by atoms with Crippen molar-refractivity contribution in [3.05, 3.63) is 48.9 Å². The Morgan fingerprint density at radius 1 is 1.12 bits per heavy atom. The maximum atomic E-state index is 12.6. The number of amides is 1. The van der Waals surface area contributed by atoms with E-state index in [0.29, 0.717) is 13.0 Å². The van der Waals surface area contributed by atoms with E-state index in [4.69, 9.17) is 0 Å². The Morgan fingerprint density at radius 2 is 1.88 bits per heavy atom. The predicted molar refractivity (Wildman–Crippen MR) is 99.8 cm³/mol. The first-order chi connectivity index (χ1) is 12.3. The summed E-state index contributed by atoms with van der Waals surface area (Å²) >= 11 is 0. The number of piperazine rings is 1. The third kappa shape index (κ3) is 4.54. The lowest BCUT2D eigenvalue weighted by atomic mass is 10.2. The zero-order chi connectivity index (χ0) is 17.5. The first-order valence-corrected chi connectivity index (χ1v) is 8.86. The quantitative estimate of drug-likeness (QED) is 0.806. The van der Waals surface area contributed by atoms with Gasteiger partial charge in [-0.2, -0.15) is 0 Å². The van der Waals surface area contributed by atoms with Gasteiger partial charge in [0.25, 0.3) is 0 Å². The molecule has 0 bridgehead atoms. The Morgan fingerprint density at radius 3 is 2.52 bits per heavy atom. The van der Waals surface area contributed by atoms with Crippen molar-refractivity contribution in [3.8, 4) is 0 Å². The van der Waals surface area contributed by atoms with E-state index >= 15 is 0 Å². The average molecular weight is 339 g/mol. The highest BCUT2D eigenvalue weighted by Gasteiger charge is 2.20. The molecule has 1 aliphatic heterocycles. The van der Waals surface area contributed by atoms with Gasteiger partial charge in [0.05, 0.1) is 6.20 Å². The number of para-hydroxylation sites is 1. The molecule has 1 aromatic heterocycles. The number of nitrogens with zero attached hydrogens (tertiary/aromatic N) is 5. The molecule has 25 heavy (non-hydrogen) atoms. The van der Waals surface area contributed by atoms with Gasteiger partial charge in [-0.15, -0.1) is 0 Å². The van der Waals surface area contributed by atoms with E-state index in [1.807, 2.05) is 42.2 Å². The second-order valence-electron chi connectivity index (χ2n) is 6.12. The van der Waals surface area contributed by atoms with Gasteiger partial charge in [-0.25, -0.2) is 4.98 Å². The molecule has 1 saturated heterocycles. The number of rotatable bonds is 6. The summed E-state index contributed by atoms with van der Waals surface area (Å²) in [6.45, 7) is 7.25. The number of benzene rings is 1. The first kappa shape index (κ1) is 17.4. The maximum Gasteiger partial charge on any atom is 0.228 e. The Hall–Kier alpha value is -2.47. The smallest absolute Gasteiger partial charge is 0.228 e. The molecule has 6 heteroatoms. The van der Waals surface area contributed by atoms with Crippen LogP contribution in [0.4, 0.5) is 11.5 Å². The van der Waals surface area contributed by atoms with Gasteiger partial charge in [-0.3, -0.25) is 14.7 Å². The van der Waals surface area contributed by atoms with Crippen LogP contribution in [0.15, 0.2) is 48.9 Å². The molecule has 1 fully saturated rings. The summed E-state index contributed by atoms with van der Waals surface area (Å²) in [4.78, 5) is 27.5. The molecule has 0 radical (unpaired) electrons. The van der Waals surface area contributed by atoms with Gasteiger partial charge in [0, 0.05) is 63.8 Å². The number of carbonyl (C=O) groups excluding carboxylic acids is 1. The van der Waals surface area contributed by atoms with E-state index in [1.54, 1.807) is 18.6 Å². The minimum Gasteiger partial charge on any atom is -0.353 e. The number of aromatic nitrogens is 2. The molecule has 1 aliphatic rings. The number of carbonyl (C=O) groups is 1. The standard InChI is InChI=1S/C19H25N5O/c1-2-24(17-6-4-3-5-7-17)19(25)8-11-22-12-14-23(15-13-22)18-16-20-9-10-21-18/h3-7,9-10,16H,2,8,11-15H2,1H3. The molecule has 2 aromatic rings. The first-order valence-electron chi connectivity index (χ1n) is 8.86. The summed E-state index contributed by atoms with van der Waals surface area (Å²) in [6, 6.07) is 9.88. The Bertz CT molecular complexity index is 656. The highest BCUT2D eigenvalue weighted by molar-refractivity contribution is 5.93. The second kappa shape index (κ2) is 8.58. The van der Waals surface area contributed by atoms with Gasteiger partial charge in [0.2, 0.25) is 5.91 Å². The van der Waals surface area contributed by atoms with Gasteiger partial charge in [-0.1, -0.05) is 18.2 Å². The van der Waals surface area contributed by atoms with Gasteiger partial charge in [0.1, 0.15) is 5.82 Å². The molecule has 0 N–H and O–H groups in total. The van der Waals surface area contributed by atoms with Crippen LogP contribution in [-0.4, -0.2) is 60.0 Å². The van der Waals surface area contributed by atoms with Crippen LogP contribution in [0.3, 0.4) is 0 Å². The monoisotopic (exact) mass is 339 g/mol. The summed E-state index contributed by atoms with van der Waals surface area (Å²) in [6.07, 6.45) is 5.77. The van der Waals surface area contributed by atoms with E-state index in [-0.39, 0.29) is 5.91 Å². The summed E-state index contributed by atoms with van der Waals surface area (Å²) in [5, 5.41) is 0. The lowest BCUT2D eigenvalue weighted by Gasteiger charge is -2.35. The Balaban J connectivity index is 1.47. The van der Waals surface area contributed by atoms with Crippen LogP contribution in [0.1, 0.15) is 13.3 Å². The molecule has 132 valence electrons. The number of hydrogen-bond donors (Lipinski definition) is 0. The molecule has 0 aliphatic carbocycles. The molecule has 2 heterocycles. The van der Waals surface area contributed by atoms with Crippen LogP contribution in [-0.2, 0) is 4.79 Å². The number of anilines is 2. The van der Waals surface area contributed by atoms with Crippen molar-refractivity contribution in [3.63, 3.8) is 0 Å². The van der Waals surface area contributed by atoms with Gasteiger partial charge in [0.15, 0.2) is 0 Å². The van der Waals surface area contributed by atoms with Crippen molar-refractivity contribution in [1.82, 2.24) is 14.9 Å².